The molecule has 0 fully saturated rings. The van der Waals surface area contributed by atoms with E-state index < -0.39 is 35.2 Å². The van der Waals surface area contributed by atoms with E-state index >= 15 is 0 Å². The predicted octanol–water partition coefficient (Wildman–Crippen LogP) is 5.80. The zero-order chi connectivity index (χ0) is 28.5. The van der Waals surface area contributed by atoms with Crippen molar-refractivity contribution in [3.8, 4) is 0 Å². The lowest BCUT2D eigenvalue weighted by molar-refractivity contribution is -0.146. The molecule has 0 saturated carbocycles. The van der Waals surface area contributed by atoms with Gasteiger partial charge in [-0.25, -0.2) is 0 Å². The smallest absolute Gasteiger partial charge is 0.324 e. The monoisotopic (exact) mass is 596 g/mol. The van der Waals surface area contributed by atoms with Gasteiger partial charge in [0, 0.05) is 31.5 Å². The van der Waals surface area contributed by atoms with Crippen LogP contribution in [-0.4, -0.2) is 72.6 Å². The molecule has 37 heavy (non-hydrogen) atoms. The minimum absolute atomic E-state index is 0.149. The van der Waals surface area contributed by atoms with E-state index in [0.29, 0.717) is 19.3 Å². The fourth-order valence-electron chi connectivity index (χ4n) is 4.29. The van der Waals surface area contributed by atoms with E-state index in [4.69, 9.17) is 26.6 Å². The second-order valence-electron chi connectivity index (χ2n) is 11.1. The number of ether oxygens (including phenoxy) is 2. The van der Waals surface area contributed by atoms with Gasteiger partial charge in [0.2, 0.25) is 0 Å². The second kappa shape index (κ2) is 19.7. The van der Waals surface area contributed by atoms with E-state index in [9.17, 15) is 9.59 Å². The molecule has 0 amide bonds. The van der Waals surface area contributed by atoms with Crippen LogP contribution in [0.15, 0.2) is 0 Å². The van der Waals surface area contributed by atoms with Crippen LogP contribution in [0.5, 0.6) is 0 Å². The summed E-state index contributed by atoms with van der Waals surface area (Å²) in [5.41, 5.74) is 0. The summed E-state index contributed by atoms with van der Waals surface area (Å²) in [5, 5.41) is 0. The van der Waals surface area contributed by atoms with Crippen molar-refractivity contribution in [1.29, 1.82) is 0 Å². The molecular weight excluding hydrogens is 541 g/mol. The van der Waals surface area contributed by atoms with Gasteiger partial charge >= 0.3 is 29.1 Å². The molecular formula is C25H56O8Si4. The molecule has 2 atom stereocenters. The molecule has 0 aromatic heterocycles. The highest BCUT2D eigenvalue weighted by atomic mass is 28.4. The molecule has 0 aromatic rings. The third-order valence-corrected chi connectivity index (χ3v) is 17.5. The first-order chi connectivity index (χ1) is 17.2. The van der Waals surface area contributed by atoms with E-state index in [2.05, 4.69) is 39.3 Å². The highest BCUT2D eigenvalue weighted by Gasteiger charge is 2.34. The normalized spacial score (nSPS) is 15.3. The quantitative estimate of drug-likeness (QED) is 0.0880. The van der Waals surface area contributed by atoms with Gasteiger partial charge in [-0.2, -0.15) is 0 Å². The summed E-state index contributed by atoms with van der Waals surface area (Å²) in [5.74, 6) is -0.415. The number of esters is 2. The molecule has 0 N–H and O–H groups in total. The van der Waals surface area contributed by atoms with Gasteiger partial charge in [-0.3, -0.25) is 9.59 Å². The molecule has 2 unspecified atom stereocenters. The molecule has 0 aromatic carbocycles. The molecule has 0 aliphatic carbocycles. The molecule has 0 aliphatic rings. The van der Waals surface area contributed by atoms with Crippen molar-refractivity contribution in [2.24, 2.45) is 0 Å². The van der Waals surface area contributed by atoms with Gasteiger partial charge in [0.1, 0.15) is 0 Å². The number of unbranched alkanes of at least 4 members (excludes halogenated alkanes) is 2. The lowest BCUT2D eigenvalue weighted by Crippen LogP contribution is -2.44. The molecule has 0 spiro atoms. The third-order valence-electron chi connectivity index (χ3n) is 5.28. The molecule has 8 nitrogen and oxygen atoms in total. The summed E-state index contributed by atoms with van der Waals surface area (Å²) in [4.78, 5) is 24.0. The van der Waals surface area contributed by atoms with Crippen LogP contribution in [0.1, 0.15) is 72.6 Å². The van der Waals surface area contributed by atoms with Gasteiger partial charge in [-0.1, -0.05) is 12.8 Å². The van der Waals surface area contributed by atoms with Gasteiger partial charge in [-0.05, 0) is 91.9 Å². The van der Waals surface area contributed by atoms with Crippen LogP contribution in [0.25, 0.3) is 0 Å². The topological polar surface area (TPSA) is 89.5 Å². The van der Waals surface area contributed by atoms with E-state index in [1.165, 1.54) is 0 Å². The van der Waals surface area contributed by atoms with Crippen LogP contribution in [0.4, 0.5) is 0 Å². The van der Waals surface area contributed by atoms with Gasteiger partial charge in [-0.15, -0.1) is 0 Å². The Morgan fingerprint density at radius 3 is 1.27 bits per heavy atom. The minimum Gasteiger partial charge on any atom is -0.466 e. The molecule has 0 aliphatic heterocycles. The van der Waals surface area contributed by atoms with Crippen LogP contribution >= 0.6 is 0 Å². The standard InChI is InChI=1S/C25H56O8Si4/c1-22(2)30-36(9,32-34(5)6)20-13-11-16-24(26)28-18-15-19-29-25(27)17-12-14-21-37(10,31-23(3)4)33-35(7)8/h22-23,34-35H,11-21H2,1-10H3. The van der Waals surface area contributed by atoms with Crippen molar-refractivity contribution in [2.45, 2.75) is 136 Å². The summed E-state index contributed by atoms with van der Waals surface area (Å²) in [6, 6.07) is 1.77. The molecule has 0 rings (SSSR count). The first-order valence-electron chi connectivity index (χ1n) is 14.2. The number of hydrogen-bond acceptors (Lipinski definition) is 8. The Morgan fingerprint density at radius 2 is 0.973 bits per heavy atom. The van der Waals surface area contributed by atoms with Crippen molar-refractivity contribution < 1.29 is 36.1 Å². The number of hydrogen-bond donors (Lipinski definition) is 0. The third kappa shape index (κ3) is 21.2. The van der Waals surface area contributed by atoms with Crippen LogP contribution in [0.2, 0.25) is 51.4 Å². The fraction of sp³-hybridized carbons (Fsp3) is 0.920. The Bertz CT molecular complexity index is 560. The van der Waals surface area contributed by atoms with Crippen LogP contribution in [-0.2, 0) is 36.1 Å². The summed E-state index contributed by atoms with van der Waals surface area (Å²) in [6.45, 7) is 21.6. The SMILES string of the molecule is CC(C)O[Si](C)(CCCCC(=O)OCCCOC(=O)CCCC[Si](C)(OC(C)C)O[SiH](C)C)O[SiH](C)C. The van der Waals surface area contributed by atoms with E-state index in [-0.39, 0.29) is 37.4 Å². The minimum atomic E-state index is -2.18. The number of carbonyl (C=O) groups excluding carboxylic acids is 2. The Balaban J connectivity index is 3.98. The zero-order valence-electron chi connectivity index (χ0n) is 25.4. The van der Waals surface area contributed by atoms with Gasteiger partial charge in [0.05, 0.1) is 13.2 Å². The average molecular weight is 597 g/mol. The second-order valence-corrected chi connectivity index (χ2v) is 23.2. The maximum absolute atomic E-state index is 12.0. The Labute approximate surface area is 232 Å². The zero-order valence-corrected chi connectivity index (χ0v) is 29.7. The van der Waals surface area contributed by atoms with E-state index in [1.807, 2.05) is 27.7 Å². The molecule has 0 bridgehead atoms. The van der Waals surface area contributed by atoms with Crippen molar-refractivity contribution in [2.75, 3.05) is 13.2 Å². The first kappa shape index (κ1) is 36.6. The van der Waals surface area contributed by atoms with Crippen molar-refractivity contribution in [3.05, 3.63) is 0 Å². The van der Waals surface area contributed by atoms with E-state index in [1.54, 1.807) is 0 Å². The highest BCUT2D eigenvalue weighted by Crippen LogP contribution is 2.22. The largest absolute Gasteiger partial charge is 0.466 e. The maximum Gasteiger partial charge on any atom is 0.324 e. The number of carbonyl (C=O) groups is 2. The number of rotatable bonds is 22. The molecule has 0 heterocycles. The van der Waals surface area contributed by atoms with Crippen molar-refractivity contribution in [1.82, 2.24) is 0 Å². The predicted molar refractivity (Wildman–Crippen MR) is 159 cm³/mol. The van der Waals surface area contributed by atoms with Gasteiger partial charge in [0.15, 0.2) is 18.1 Å². The lowest BCUT2D eigenvalue weighted by atomic mass is 10.2. The maximum atomic E-state index is 12.0. The molecule has 0 radical (unpaired) electrons. The van der Waals surface area contributed by atoms with Crippen LogP contribution < -0.4 is 0 Å². The van der Waals surface area contributed by atoms with Gasteiger partial charge < -0.3 is 26.6 Å². The van der Waals surface area contributed by atoms with Crippen LogP contribution in [0, 0.1) is 0 Å². The summed E-state index contributed by atoms with van der Waals surface area (Å²) >= 11 is 0. The van der Waals surface area contributed by atoms with Crippen molar-refractivity contribution in [3.63, 3.8) is 0 Å². The summed E-state index contributed by atoms with van der Waals surface area (Å²) in [7, 11) is -6.71. The van der Waals surface area contributed by atoms with E-state index in [0.717, 1.165) is 37.8 Å². The Morgan fingerprint density at radius 1 is 0.622 bits per heavy atom. The van der Waals surface area contributed by atoms with Gasteiger partial charge in [0.25, 0.3) is 0 Å². The van der Waals surface area contributed by atoms with Crippen molar-refractivity contribution >= 4 is 47.1 Å². The average Bonchev–Trinajstić information content (AvgIpc) is 2.71. The van der Waals surface area contributed by atoms with Crippen LogP contribution in [0.3, 0.4) is 0 Å². The summed E-state index contributed by atoms with van der Waals surface area (Å²) < 4.78 is 35.3. The molecule has 12 heteroatoms. The molecule has 220 valence electrons. The first-order valence-corrected chi connectivity index (χ1v) is 24.8. The lowest BCUT2D eigenvalue weighted by Gasteiger charge is -2.31. The highest BCUT2D eigenvalue weighted by molar-refractivity contribution is 6.74. The Hall–Kier alpha value is -0.352. The fourth-order valence-corrected chi connectivity index (χ4v) is 17.7. The molecule has 0 saturated heterocycles. The Kier molecular flexibility index (Phi) is 19.5. The summed E-state index contributed by atoms with van der Waals surface area (Å²) in [6.07, 6.45) is 4.88.